The molecule has 1 heterocycles. The van der Waals surface area contributed by atoms with E-state index in [9.17, 15) is 9.90 Å². The predicted octanol–water partition coefficient (Wildman–Crippen LogP) is 2.97. The highest BCUT2D eigenvalue weighted by Gasteiger charge is 2.23. The summed E-state index contributed by atoms with van der Waals surface area (Å²) in [7, 11) is 0. The summed E-state index contributed by atoms with van der Waals surface area (Å²) in [5.74, 6) is 0.335. The quantitative estimate of drug-likeness (QED) is 0.748. The third kappa shape index (κ3) is 4.93. The molecule has 0 bridgehead atoms. The van der Waals surface area contributed by atoms with Gasteiger partial charge in [0, 0.05) is 49.7 Å². The fourth-order valence-corrected chi connectivity index (χ4v) is 3.34. The van der Waals surface area contributed by atoms with Crippen molar-refractivity contribution in [3.05, 3.63) is 59.7 Å². The number of anilines is 2. The van der Waals surface area contributed by atoms with Crippen molar-refractivity contribution >= 4 is 28.9 Å². The highest BCUT2D eigenvalue weighted by Crippen LogP contribution is 2.20. The number of alkyl halides is 1. The fraction of sp³-hybridized carbons (Fsp3) is 0.381. The van der Waals surface area contributed by atoms with Gasteiger partial charge >= 0.3 is 0 Å². The summed E-state index contributed by atoms with van der Waals surface area (Å²) in [4.78, 5) is 17.0. The van der Waals surface area contributed by atoms with Gasteiger partial charge in [-0.15, -0.1) is 11.6 Å². The first-order chi connectivity index (χ1) is 13.1. The number of piperazine rings is 1. The molecule has 0 spiro atoms. The van der Waals surface area contributed by atoms with Crippen molar-refractivity contribution in [3.63, 3.8) is 0 Å². The van der Waals surface area contributed by atoms with E-state index in [-0.39, 0.29) is 11.8 Å². The smallest absolute Gasteiger partial charge is 0.254 e. The van der Waals surface area contributed by atoms with Gasteiger partial charge in [0.1, 0.15) is 0 Å². The highest BCUT2D eigenvalue weighted by molar-refractivity contribution is 6.18. The van der Waals surface area contributed by atoms with Gasteiger partial charge in [-0.2, -0.15) is 0 Å². The number of halogens is 1. The standard InChI is InChI=1S/C21H26ClN3O2/c1-16-4-2-3-5-20(16)21(27)25-12-10-24(11-13-25)18-8-6-17(7-9-18)23-15-19(26)14-22/h2-9,19,23,26H,10-15H2,1H3. The number of carbonyl (C=O) groups excluding carboxylic acids is 1. The van der Waals surface area contributed by atoms with Crippen molar-refractivity contribution in [2.24, 2.45) is 0 Å². The maximum atomic E-state index is 12.7. The Morgan fingerprint density at radius 3 is 2.41 bits per heavy atom. The first-order valence-electron chi connectivity index (χ1n) is 9.26. The lowest BCUT2D eigenvalue weighted by Crippen LogP contribution is -2.48. The molecule has 1 aliphatic rings. The van der Waals surface area contributed by atoms with Gasteiger partial charge in [0.05, 0.1) is 12.0 Å². The third-order valence-electron chi connectivity index (χ3n) is 4.89. The number of nitrogens with zero attached hydrogens (tertiary/aromatic N) is 2. The molecule has 1 fully saturated rings. The first-order valence-corrected chi connectivity index (χ1v) is 9.79. The zero-order valence-corrected chi connectivity index (χ0v) is 16.3. The number of hydrogen-bond acceptors (Lipinski definition) is 4. The van der Waals surface area contributed by atoms with E-state index in [1.807, 2.05) is 48.2 Å². The van der Waals surface area contributed by atoms with Crippen LogP contribution in [0, 0.1) is 6.92 Å². The maximum Gasteiger partial charge on any atom is 0.254 e. The fourth-order valence-electron chi connectivity index (χ4n) is 3.23. The summed E-state index contributed by atoms with van der Waals surface area (Å²) < 4.78 is 0. The summed E-state index contributed by atoms with van der Waals surface area (Å²) in [6.07, 6.45) is -0.551. The molecule has 27 heavy (non-hydrogen) atoms. The van der Waals surface area contributed by atoms with E-state index < -0.39 is 6.10 Å². The molecule has 0 saturated carbocycles. The number of benzene rings is 2. The average molecular weight is 388 g/mol. The summed E-state index contributed by atoms with van der Waals surface area (Å²) in [6.45, 7) is 5.47. The van der Waals surface area contributed by atoms with Crippen molar-refractivity contribution in [2.45, 2.75) is 13.0 Å². The Hall–Kier alpha value is -2.24. The lowest BCUT2D eigenvalue weighted by molar-refractivity contribution is 0.0746. The lowest BCUT2D eigenvalue weighted by atomic mass is 10.1. The zero-order chi connectivity index (χ0) is 19.2. The summed E-state index contributed by atoms with van der Waals surface area (Å²) >= 11 is 5.60. The molecule has 1 saturated heterocycles. The summed E-state index contributed by atoms with van der Waals surface area (Å²) in [6, 6.07) is 15.9. The van der Waals surface area contributed by atoms with E-state index in [2.05, 4.69) is 22.3 Å². The zero-order valence-electron chi connectivity index (χ0n) is 15.6. The second-order valence-electron chi connectivity index (χ2n) is 6.83. The molecule has 0 aliphatic carbocycles. The van der Waals surface area contributed by atoms with Gasteiger partial charge in [0.25, 0.3) is 5.91 Å². The van der Waals surface area contributed by atoms with Crippen LogP contribution in [-0.2, 0) is 0 Å². The molecule has 0 radical (unpaired) electrons. The largest absolute Gasteiger partial charge is 0.390 e. The molecule has 1 atom stereocenters. The molecule has 1 aliphatic heterocycles. The summed E-state index contributed by atoms with van der Waals surface area (Å²) in [5, 5.41) is 12.7. The molecule has 2 N–H and O–H groups in total. The Labute approximate surface area is 165 Å². The molecule has 144 valence electrons. The normalized spacial score (nSPS) is 15.5. The number of amides is 1. The van der Waals surface area contributed by atoms with Gasteiger partial charge < -0.3 is 20.2 Å². The predicted molar refractivity (Wildman–Crippen MR) is 111 cm³/mol. The number of aryl methyl sites for hydroxylation is 1. The van der Waals surface area contributed by atoms with Crippen LogP contribution in [0.5, 0.6) is 0 Å². The molecule has 3 rings (SSSR count). The highest BCUT2D eigenvalue weighted by atomic mass is 35.5. The van der Waals surface area contributed by atoms with E-state index in [4.69, 9.17) is 11.6 Å². The Balaban J connectivity index is 1.54. The average Bonchev–Trinajstić information content (AvgIpc) is 2.72. The van der Waals surface area contributed by atoms with Gasteiger partial charge in [-0.1, -0.05) is 18.2 Å². The van der Waals surface area contributed by atoms with E-state index in [0.29, 0.717) is 6.54 Å². The molecule has 5 nitrogen and oxygen atoms in total. The number of carbonyl (C=O) groups is 1. The molecule has 1 amide bonds. The molecule has 2 aromatic carbocycles. The van der Waals surface area contributed by atoms with Crippen LogP contribution in [0.4, 0.5) is 11.4 Å². The van der Waals surface area contributed by atoms with Gasteiger partial charge in [-0.25, -0.2) is 0 Å². The number of aliphatic hydroxyl groups excluding tert-OH is 1. The van der Waals surface area contributed by atoms with Crippen molar-refractivity contribution in [2.75, 3.05) is 48.8 Å². The molecular weight excluding hydrogens is 362 g/mol. The Bertz CT molecular complexity index is 758. The van der Waals surface area contributed by atoms with Crippen LogP contribution < -0.4 is 10.2 Å². The molecule has 2 aromatic rings. The van der Waals surface area contributed by atoms with Crippen LogP contribution in [0.15, 0.2) is 48.5 Å². The van der Waals surface area contributed by atoms with Crippen LogP contribution in [0.25, 0.3) is 0 Å². The molecule has 0 aromatic heterocycles. The van der Waals surface area contributed by atoms with Gasteiger partial charge in [-0.05, 0) is 42.8 Å². The second kappa shape index (κ2) is 9.11. The Kier molecular flexibility index (Phi) is 6.58. The van der Waals surface area contributed by atoms with Crippen LogP contribution in [0.2, 0.25) is 0 Å². The monoisotopic (exact) mass is 387 g/mol. The summed E-state index contributed by atoms with van der Waals surface area (Å²) in [5.41, 5.74) is 3.91. The van der Waals surface area contributed by atoms with Crippen molar-refractivity contribution in [3.8, 4) is 0 Å². The van der Waals surface area contributed by atoms with E-state index in [0.717, 1.165) is 48.7 Å². The molecule has 6 heteroatoms. The van der Waals surface area contributed by atoms with Crippen molar-refractivity contribution < 1.29 is 9.90 Å². The number of hydrogen-bond donors (Lipinski definition) is 2. The number of nitrogens with one attached hydrogen (secondary N) is 1. The minimum absolute atomic E-state index is 0.116. The Morgan fingerprint density at radius 2 is 1.78 bits per heavy atom. The van der Waals surface area contributed by atoms with Gasteiger partial charge in [0.15, 0.2) is 0 Å². The van der Waals surface area contributed by atoms with Crippen LogP contribution in [0.1, 0.15) is 15.9 Å². The van der Waals surface area contributed by atoms with Crippen molar-refractivity contribution in [1.82, 2.24) is 4.90 Å². The van der Waals surface area contributed by atoms with Crippen molar-refractivity contribution in [1.29, 1.82) is 0 Å². The van der Waals surface area contributed by atoms with E-state index in [1.54, 1.807) is 0 Å². The van der Waals surface area contributed by atoms with Gasteiger partial charge in [-0.3, -0.25) is 4.79 Å². The SMILES string of the molecule is Cc1ccccc1C(=O)N1CCN(c2ccc(NCC(O)CCl)cc2)CC1. The first kappa shape index (κ1) is 19.5. The minimum Gasteiger partial charge on any atom is -0.390 e. The van der Waals surface area contributed by atoms with E-state index >= 15 is 0 Å². The number of aliphatic hydroxyl groups is 1. The minimum atomic E-state index is -0.551. The van der Waals surface area contributed by atoms with E-state index in [1.165, 1.54) is 0 Å². The lowest BCUT2D eigenvalue weighted by Gasteiger charge is -2.36. The maximum absolute atomic E-state index is 12.7. The topological polar surface area (TPSA) is 55.8 Å². The van der Waals surface area contributed by atoms with Crippen LogP contribution in [-0.4, -0.2) is 60.6 Å². The second-order valence-corrected chi connectivity index (χ2v) is 7.14. The third-order valence-corrected chi connectivity index (χ3v) is 5.25. The van der Waals surface area contributed by atoms with Crippen LogP contribution >= 0.6 is 11.6 Å². The van der Waals surface area contributed by atoms with Gasteiger partial charge in [0.2, 0.25) is 0 Å². The molecular formula is C21H26ClN3O2. The number of rotatable bonds is 6. The van der Waals surface area contributed by atoms with Crippen LogP contribution in [0.3, 0.4) is 0 Å². The Morgan fingerprint density at radius 1 is 1.11 bits per heavy atom. The molecule has 1 unspecified atom stereocenters.